The maximum atomic E-state index is 6.63. The van der Waals surface area contributed by atoms with Gasteiger partial charge in [0.25, 0.3) is 0 Å². The third-order valence-corrected chi connectivity index (χ3v) is 11.3. The average Bonchev–Trinajstić information content (AvgIpc) is 3.26. The Kier molecular flexibility index (Phi) is 24.7. The van der Waals surface area contributed by atoms with E-state index < -0.39 is 0 Å². The number of fused-ring (bicyclic) bond motifs is 6. The molecule has 0 aliphatic rings. The monoisotopic (exact) mass is 849 g/mol. The van der Waals surface area contributed by atoms with Crippen LogP contribution in [0.3, 0.4) is 0 Å². The predicted octanol–water partition coefficient (Wildman–Crippen LogP) is 15.3. The highest BCUT2D eigenvalue weighted by Gasteiger charge is 2.21. The molecule has 0 saturated heterocycles. The Morgan fingerprint density at radius 3 is 0.733 bits per heavy atom. The summed E-state index contributed by atoms with van der Waals surface area (Å²) in [6.07, 6.45) is 22.7. The summed E-state index contributed by atoms with van der Waals surface area (Å²) in [7, 11) is 0. The Morgan fingerprint density at radius 1 is 0.283 bits per heavy atom. The molecule has 0 spiro atoms. The molecule has 0 bridgehead atoms. The molecule has 0 heterocycles. The van der Waals surface area contributed by atoms with Gasteiger partial charge in [0.1, 0.15) is 6.61 Å². The third-order valence-electron chi connectivity index (χ3n) is 11.1. The molecular formula is C52H80O7S. The summed E-state index contributed by atoms with van der Waals surface area (Å²) in [4.78, 5) is 0. The van der Waals surface area contributed by atoms with Gasteiger partial charge in [-0.15, -0.1) is 0 Å². The molecule has 0 amide bonds. The standard InChI is InChI=1S/C52H80O7S/c1-6-11-16-21-26-54-47-35-41-42-36-48(55-27-22-17-12-7-2)50(57-29-24-19-14-9-4)38-44(42)46-40-52(59-32-31-53-33-34-60)51(58-30-25-20-15-10-5)39-45(46)43(41)37-49(47)56-28-23-18-13-8-3/h35-40,60H,6-34H2,1-5H3. The predicted molar refractivity (Wildman–Crippen MR) is 257 cm³/mol. The van der Waals surface area contributed by atoms with Crippen molar-refractivity contribution in [2.24, 2.45) is 0 Å². The first kappa shape index (κ1) is 49.4. The van der Waals surface area contributed by atoms with Gasteiger partial charge in [-0.25, -0.2) is 0 Å². The van der Waals surface area contributed by atoms with Gasteiger partial charge in [0.2, 0.25) is 0 Å². The zero-order valence-corrected chi connectivity index (χ0v) is 39.2. The summed E-state index contributed by atoms with van der Waals surface area (Å²) < 4.78 is 45.4. The van der Waals surface area contributed by atoms with E-state index in [4.69, 9.17) is 33.2 Å². The summed E-state index contributed by atoms with van der Waals surface area (Å²) in [5, 5.41) is 6.48. The summed E-state index contributed by atoms with van der Waals surface area (Å²) in [6, 6.07) is 13.2. The molecule has 4 aromatic rings. The molecule has 7 nitrogen and oxygen atoms in total. The van der Waals surface area contributed by atoms with Gasteiger partial charge < -0.3 is 33.2 Å². The minimum absolute atomic E-state index is 0.411. The zero-order valence-electron chi connectivity index (χ0n) is 38.3. The van der Waals surface area contributed by atoms with Gasteiger partial charge in [0, 0.05) is 5.75 Å². The van der Waals surface area contributed by atoms with Crippen LogP contribution >= 0.6 is 12.6 Å². The van der Waals surface area contributed by atoms with Crippen LogP contribution in [0.2, 0.25) is 0 Å². The Bertz CT molecular complexity index is 1410. The van der Waals surface area contributed by atoms with E-state index >= 15 is 0 Å². The lowest BCUT2D eigenvalue weighted by molar-refractivity contribution is 0.110. The molecule has 4 aromatic carbocycles. The molecule has 0 unspecified atom stereocenters. The van der Waals surface area contributed by atoms with Crippen LogP contribution in [0, 0.1) is 0 Å². The third kappa shape index (κ3) is 16.2. The van der Waals surface area contributed by atoms with Gasteiger partial charge in [-0.2, -0.15) is 12.6 Å². The molecule has 0 aliphatic heterocycles. The van der Waals surface area contributed by atoms with E-state index in [0.717, 1.165) is 125 Å². The van der Waals surface area contributed by atoms with E-state index in [1.54, 1.807) is 0 Å². The summed E-state index contributed by atoms with van der Waals surface area (Å²) in [5.41, 5.74) is 0. The van der Waals surface area contributed by atoms with Gasteiger partial charge in [0.15, 0.2) is 34.5 Å². The fourth-order valence-corrected chi connectivity index (χ4v) is 7.75. The van der Waals surface area contributed by atoms with Crippen molar-refractivity contribution in [3.63, 3.8) is 0 Å². The van der Waals surface area contributed by atoms with E-state index in [-0.39, 0.29) is 0 Å². The highest BCUT2D eigenvalue weighted by molar-refractivity contribution is 7.80. The van der Waals surface area contributed by atoms with Gasteiger partial charge in [0.05, 0.1) is 46.2 Å². The van der Waals surface area contributed by atoms with Crippen LogP contribution in [0.25, 0.3) is 32.3 Å². The number of hydrogen-bond acceptors (Lipinski definition) is 8. The number of hydrogen-bond donors (Lipinski definition) is 1. The number of thiol groups is 1. The molecule has 336 valence electrons. The lowest BCUT2D eigenvalue weighted by atomic mass is 9.93. The SMILES string of the molecule is CCCCCCOc1cc2c3cc(OCCCCCC)c(OCCCCCC)cc3c3cc(OCCOCCS)c(OCCCCCC)cc3c2cc1OCCCCCC. The van der Waals surface area contributed by atoms with Crippen LogP contribution < -0.4 is 28.4 Å². The van der Waals surface area contributed by atoms with Gasteiger partial charge in [-0.3, -0.25) is 0 Å². The highest BCUT2D eigenvalue weighted by Crippen LogP contribution is 2.47. The summed E-state index contributed by atoms with van der Waals surface area (Å²) >= 11 is 4.31. The molecule has 0 saturated carbocycles. The van der Waals surface area contributed by atoms with Crippen molar-refractivity contribution < 1.29 is 33.2 Å². The molecule has 0 fully saturated rings. The first-order valence-electron chi connectivity index (χ1n) is 24.1. The minimum Gasteiger partial charge on any atom is -0.490 e. The van der Waals surface area contributed by atoms with Crippen molar-refractivity contribution in [1.29, 1.82) is 0 Å². The molecular weight excluding hydrogens is 769 g/mol. The van der Waals surface area contributed by atoms with Crippen molar-refractivity contribution in [2.75, 3.05) is 58.6 Å². The molecule has 60 heavy (non-hydrogen) atoms. The van der Waals surface area contributed by atoms with E-state index in [1.807, 2.05) is 0 Å². The van der Waals surface area contributed by atoms with Crippen molar-refractivity contribution in [1.82, 2.24) is 0 Å². The van der Waals surface area contributed by atoms with Crippen LogP contribution in [0.5, 0.6) is 34.5 Å². The van der Waals surface area contributed by atoms with Gasteiger partial charge in [-0.05, 0) is 101 Å². The van der Waals surface area contributed by atoms with Gasteiger partial charge in [-0.1, -0.05) is 131 Å². The van der Waals surface area contributed by atoms with E-state index in [0.29, 0.717) is 64.4 Å². The van der Waals surface area contributed by atoms with Crippen LogP contribution in [0.15, 0.2) is 36.4 Å². The molecule has 0 N–H and O–H groups in total. The minimum atomic E-state index is 0.411. The van der Waals surface area contributed by atoms with Crippen LogP contribution in [-0.4, -0.2) is 58.6 Å². The zero-order chi connectivity index (χ0) is 42.6. The number of unbranched alkanes of at least 4 members (excludes halogenated alkanes) is 15. The normalized spacial score (nSPS) is 11.5. The second-order valence-electron chi connectivity index (χ2n) is 16.3. The van der Waals surface area contributed by atoms with E-state index in [2.05, 4.69) is 83.6 Å². The van der Waals surface area contributed by atoms with E-state index in [9.17, 15) is 0 Å². The number of ether oxygens (including phenoxy) is 7. The topological polar surface area (TPSA) is 64.6 Å². The maximum Gasteiger partial charge on any atom is 0.161 e. The molecule has 0 radical (unpaired) electrons. The first-order chi connectivity index (χ1) is 29.6. The number of benzene rings is 4. The van der Waals surface area contributed by atoms with Gasteiger partial charge >= 0.3 is 0 Å². The summed E-state index contributed by atoms with van der Waals surface area (Å²) in [6.45, 7) is 15.9. The fraction of sp³-hybridized carbons (Fsp3) is 0.654. The molecule has 8 heteroatoms. The molecule has 0 aliphatic carbocycles. The second-order valence-corrected chi connectivity index (χ2v) is 16.7. The lowest BCUT2D eigenvalue weighted by Crippen LogP contribution is -2.09. The molecule has 4 rings (SSSR count). The van der Waals surface area contributed by atoms with E-state index in [1.165, 1.54) is 64.2 Å². The highest BCUT2D eigenvalue weighted by atomic mass is 32.1. The van der Waals surface area contributed by atoms with Crippen molar-refractivity contribution in [3.8, 4) is 34.5 Å². The van der Waals surface area contributed by atoms with Crippen LogP contribution in [0.1, 0.15) is 163 Å². The van der Waals surface area contributed by atoms with Crippen molar-refractivity contribution >= 4 is 44.9 Å². The van der Waals surface area contributed by atoms with Crippen LogP contribution in [0.4, 0.5) is 0 Å². The Balaban J connectivity index is 1.95. The largest absolute Gasteiger partial charge is 0.490 e. The molecule has 0 aromatic heterocycles. The smallest absolute Gasteiger partial charge is 0.161 e. The number of rotatable bonds is 36. The first-order valence-corrected chi connectivity index (χ1v) is 24.7. The Labute approximate surface area is 369 Å². The quantitative estimate of drug-likeness (QED) is 0.0278. The fourth-order valence-electron chi connectivity index (χ4n) is 7.63. The van der Waals surface area contributed by atoms with Crippen molar-refractivity contribution in [2.45, 2.75) is 163 Å². The lowest BCUT2D eigenvalue weighted by Gasteiger charge is -2.21. The van der Waals surface area contributed by atoms with Crippen molar-refractivity contribution in [3.05, 3.63) is 36.4 Å². The molecule has 0 atom stereocenters. The average molecular weight is 849 g/mol. The maximum absolute atomic E-state index is 6.63. The van der Waals surface area contributed by atoms with Crippen LogP contribution in [-0.2, 0) is 4.74 Å². The second kappa shape index (κ2) is 29.9. The summed E-state index contributed by atoms with van der Waals surface area (Å²) in [5.74, 6) is 5.29. The Hall–Kier alpha value is -3.23. The Morgan fingerprint density at radius 2 is 0.517 bits per heavy atom.